The fourth-order valence-corrected chi connectivity index (χ4v) is 2.36. The topological polar surface area (TPSA) is 84.9 Å². The molecule has 0 unspecified atom stereocenters. The summed E-state index contributed by atoms with van der Waals surface area (Å²) in [5.41, 5.74) is 1.09. The van der Waals surface area contributed by atoms with Gasteiger partial charge in [-0.25, -0.2) is 4.79 Å². The highest BCUT2D eigenvalue weighted by molar-refractivity contribution is 5.94. The molecule has 0 spiro atoms. The highest BCUT2D eigenvalue weighted by Crippen LogP contribution is 2.21. The summed E-state index contributed by atoms with van der Waals surface area (Å²) in [7, 11) is 1.42. The zero-order valence-corrected chi connectivity index (χ0v) is 14.9. The van der Waals surface area contributed by atoms with Crippen LogP contribution in [0.2, 0.25) is 0 Å². The molecule has 0 saturated heterocycles. The molecule has 2 aromatic rings. The molecule has 0 heterocycles. The maximum absolute atomic E-state index is 12.1. The van der Waals surface area contributed by atoms with Crippen LogP contribution in [0.4, 0.5) is 13.2 Å². The van der Waals surface area contributed by atoms with E-state index in [9.17, 15) is 22.8 Å². The largest absolute Gasteiger partial charge is 0.496 e. The standard InChI is InChI=1S/C19H18F3NO5/c1-27-16-10-14(18(25)26)3-2-12(16)8-9-23-17(24)13-4-6-15(7-5-13)28-11-19(20,21)22/h2-7,10H,8-9,11H2,1H3,(H,23,24)(H,25,26). The molecule has 0 saturated carbocycles. The highest BCUT2D eigenvalue weighted by Gasteiger charge is 2.28. The van der Waals surface area contributed by atoms with Crippen molar-refractivity contribution in [1.82, 2.24) is 5.32 Å². The molecule has 0 fully saturated rings. The molecule has 0 bridgehead atoms. The number of carboxylic acid groups (broad SMARTS) is 1. The van der Waals surface area contributed by atoms with Gasteiger partial charge in [0.2, 0.25) is 0 Å². The van der Waals surface area contributed by atoms with Crippen LogP contribution in [-0.2, 0) is 6.42 Å². The number of carboxylic acids is 1. The minimum absolute atomic E-state index is 0.0112. The van der Waals surface area contributed by atoms with E-state index in [1.807, 2.05) is 0 Å². The van der Waals surface area contributed by atoms with E-state index >= 15 is 0 Å². The Balaban J connectivity index is 1.89. The SMILES string of the molecule is COc1cc(C(=O)O)ccc1CCNC(=O)c1ccc(OCC(F)(F)F)cc1. The number of hydrogen-bond acceptors (Lipinski definition) is 4. The quantitative estimate of drug-likeness (QED) is 0.714. The number of nitrogens with one attached hydrogen (secondary N) is 1. The Hall–Kier alpha value is -3.23. The molecule has 0 radical (unpaired) electrons. The van der Waals surface area contributed by atoms with E-state index < -0.39 is 24.7 Å². The summed E-state index contributed by atoms with van der Waals surface area (Å²) in [4.78, 5) is 23.1. The maximum Gasteiger partial charge on any atom is 0.422 e. The van der Waals surface area contributed by atoms with Gasteiger partial charge in [-0.05, 0) is 48.4 Å². The van der Waals surface area contributed by atoms with Crippen LogP contribution < -0.4 is 14.8 Å². The number of alkyl halides is 3. The van der Waals surface area contributed by atoms with Crippen LogP contribution in [0.25, 0.3) is 0 Å². The van der Waals surface area contributed by atoms with Crippen molar-refractivity contribution in [3.05, 3.63) is 59.2 Å². The molecule has 0 aliphatic rings. The Kier molecular flexibility index (Phi) is 6.86. The number of carbonyl (C=O) groups excluding carboxylic acids is 1. The molecule has 0 aliphatic heterocycles. The van der Waals surface area contributed by atoms with Crippen LogP contribution in [0.15, 0.2) is 42.5 Å². The molecule has 1 amide bonds. The lowest BCUT2D eigenvalue weighted by atomic mass is 10.1. The number of aromatic carboxylic acids is 1. The molecule has 0 atom stereocenters. The molecule has 150 valence electrons. The second-order valence-electron chi connectivity index (χ2n) is 5.77. The van der Waals surface area contributed by atoms with Crippen molar-refractivity contribution < 1.29 is 37.3 Å². The molecule has 9 heteroatoms. The Morgan fingerprint density at radius 2 is 1.71 bits per heavy atom. The van der Waals surface area contributed by atoms with E-state index in [2.05, 4.69) is 10.1 Å². The number of benzene rings is 2. The van der Waals surface area contributed by atoms with Crippen LogP contribution in [0, 0.1) is 0 Å². The fraction of sp³-hybridized carbons (Fsp3) is 0.263. The molecule has 0 aromatic heterocycles. The summed E-state index contributed by atoms with van der Waals surface area (Å²) < 4.78 is 46.1. The summed E-state index contributed by atoms with van der Waals surface area (Å²) in [6, 6.07) is 9.76. The van der Waals surface area contributed by atoms with Crippen LogP contribution in [-0.4, -0.2) is 43.4 Å². The van der Waals surface area contributed by atoms with Crippen molar-refractivity contribution >= 4 is 11.9 Å². The number of halogens is 3. The van der Waals surface area contributed by atoms with Crippen LogP contribution >= 0.6 is 0 Å². The summed E-state index contributed by atoms with van der Waals surface area (Å²) in [5, 5.41) is 11.7. The smallest absolute Gasteiger partial charge is 0.422 e. The summed E-state index contributed by atoms with van der Waals surface area (Å²) in [5.74, 6) is -1.05. The molecule has 0 aliphatic carbocycles. The van der Waals surface area contributed by atoms with Gasteiger partial charge in [-0.15, -0.1) is 0 Å². The first-order valence-corrected chi connectivity index (χ1v) is 8.17. The fourth-order valence-electron chi connectivity index (χ4n) is 2.36. The van der Waals surface area contributed by atoms with E-state index in [0.717, 1.165) is 5.56 Å². The van der Waals surface area contributed by atoms with Crippen LogP contribution in [0.3, 0.4) is 0 Å². The van der Waals surface area contributed by atoms with Gasteiger partial charge in [-0.2, -0.15) is 13.2 Å². The monoisotopic (exact) mass is 397 g/mol. The van der Waals surface area contributed by atoms with E-state index in [4.69, 9.17) is 9.84 Å². The van der Waals surface area contributed by atoms with Crippen molar-refractivity contribution in [2.45, 2.75) is 12.6 Å². The maximum atomic E-state index is 12.1. The second-order valence-corrected chi connectivity index (χ2v) is 5.77. The third kappa shape index (κ3) is 6.19. The molecule has 28 heavy (non-hydrogen) atoms. The number of rotatable bonds is 8. The first-order chi connectivity index (χ1) is 13.2. The first-order valence-electron chi connectivity index (χ1n) is 8.17. The zero-order chi connectivity index (χ0) is 20.7. The number of amides is 1. The number of methoxy groups -OCH3 is 1. The Labute approximate surface area is 158 Å². The molecule has 6 nitrogen and oxygen atoms in total. The summed E-state index contributed by atoms with van der Waals surface area (Å²) >= 11 is 0. The van der Waals surface area contributed by atoms with Gasteiger partial charge in [0.1, 0.15) is 11.5 Å². The van der Waals surface area contributed by atoms with Crippen molar-refractivity contribution in [3.8, 4) is 11.5 Å². The van der Waals surface area contributed by atoms with Gasteiger partial charge in [-0.3, -0.25) is 4.79 Å². The Morgan fingerprint density at radius 3 is 2.29 bits per heavy atom. The molecule has 2 N–H and O–H groups in total. The van der Waals surface area contributed by atoms with E-state index in [1.54, 1.807) is 6.07 Å². The van der Waals surface area contributed by atoms with Gasteiger partial charge >= 0.3 is 12.1 Å². The van der Waals surface area contributed by atoms with Gasteiger partial charge in [-0.1, -0.05) is 6.07 Å². The predicted octanol–water partition coefficient (Wildman–Crippen LogP) is 3.31. The molecule has 2 rings (SSSR count). The lowest BCUT2D eigenvalue weighted by Gasteiger charge is -2.11. The molecular formula is C19H18F3NO5. The first kappa shape index (κ1) is 21.1. The van der Waals surface area contributed by atoms with Crippen molar-refractivity contribution in [2.24, 2.45) is 0 Å². The van der Waals surface area contributed by atoms with Crippen molar-refractivity contribution in [3.63, 3.8) is 0 Å². The molecule has 2 aromatic carbocycles. The summed E-state index contributed by atoms with van der Waals surface area (Å²) in [6.45, 7) is -1.14. The number of hydrogen-bond donors (Lipinski definition) is 2. The van der Waals surface area contributed by atoms with E-state index in [-0.39, 0.29) is 23.4 Å². The lowest BCUT2D eigenvalue weighted by molar-refractivity contribution is -0.153. The van der Waals surface area contributed by atoms with Gasteiger partial charge in [0.25, 0.3) is 5.91 Å². The lowest BCUT2D eigenvalue weighted by Crippen LogP contribution is -2.25. The Morgan fingerprint density at radius 1 is 1.07 bits per heavy atom. The normalized spacial score (nSPS) is 11.0. The summed E-state index contributed by atoms with van der Waals surface area (Å²) in [6.07, 6.45) is -4.03. The average molecular weight is 397 g/mol. The number of ether oxygens (including phenoxy) is 2. The third-order valence-corrected chi connectivity index (χ3v) is 3.73. The van der Waals surface area contributed by atoms with Crippen molar-refractivity contribution in [2.75, 3.05) is 20.3 Å². The zero-order valence-electron chi connectivity index (χ0n) is 14.9. The van der Waals surface area contributed by atoms with Crippen LogP contribution in [0.5, 0.6) is 11.5 Å². The van der Waals surface area contributed by atoms with Gasteiger partial charge in [0, 0.05) is 12.1 Å². The van der Waals surface area contributed by atoms with Crippen LogP contribution in [0.1, 0.15) is 26.3 Å². The van der Waals surface area contributed by atoms with E-state index in [1.165, 1.54) is 43.5 Å². The Bertz CT molecular complexity index is 834. The van der Waals surface area contributed by atoms with E-state index in [0.29, 0.717) is 12.2 Å². The highest BCUT2D eigenvalue weighted by atomic mass is 19.4. The number of carbonyl (C=O) groups is 2. The van der Waals surface area contributed by atoms with Gasteiger partial charge in [0.05, 0.1) is 12.7 Å². The molecular weight excluding hydrogens is 379 g/mol. The van der Waals surface area contributed by atoms with Gasteiger partial charge in [0.15, 0.2) is 6.61 Å². The second kappa shape index (κ2) is 9.12. The van der Waals surface area contributed by atoms with Crippen molar-refractivity contribution in [1.29, 1.82) is 0 Å². The van der Waals surface area contributed by atoms with Gasteiger partial charge < -0.3 is 19.9 Å². The minimum Gasteiger partial charge on any atom is -0.496 e. The third-order valence-electron chi connectivity index (χ3n) is 3.73. The minimum atomic E-state index is -4.43. The average Bonchev–Trinajstić information content (AvgIpc) is 2.66. The predicted molar refractivity (Wildman–Crippen MR) is 94.0 cm³/mol.